The van der Waals surface area contributed by atoms with Crippen LogP contribution in [-0.4, -0.2) is 54.8 Å². The first-order chi connectivity index (χ1) is 13.0. The molecular formula is C17H20N6O4. The number of hydrogen-bond acceptors (Lipinski definition) is 5. The van der Waals surface area contributed by atoms with Crippen LogP contribution in [0.15, 0.2) is 34.1 Å². The molecule has 0 aliphatic carbocycles. The van der Waals surface area contributed by atoms with Crippen LogP contribution in [0.25, 0.3) is 0 Å². The highest BCUT2D eigenvalue weighted by Crippen LogP contribution is 2.36. The van der Waals surface area contributed by atoms with Crippen molar-refractivity contribution in [1.29, 1.82) is 0 Å². The lowest BCUT2D eigenvalue weighted by molar-refractivity contribution is -0.123. The van der Waals surface area contributed by atoms with Crippen LogP contribution in [0.2, 0.25) is 0 Å². The van der Waals surface area contributed by atoms with Crippen molar-refractivity contribution in [2.24, 2.45) is 0 Å². The van der Waals surface area contributed by atoms with Crippen LogP contribution in [0.1, 0.15) is 36.0 Å². The van der Waals surface area contributed by atoms with Crippen molar-refractivity contribution in [3.8, 4) is 0 Å². The summed E-state index contributed by atoms with van der Waals surface area (Å²) in [6, 6.07) is 2.36. The molecule has 2 atom stereocenters. The Hall–Kier alpha value is -3.17. The van der Waals surface area contributed by atoms with Crippen LogP contribution in [0.5, 0.6) is 0 Å². The van der Waals surface area contributed by atoms with Gasteiger partial charge in [-0.15, -0.1) is 0 Å². The molecule has 0 aromatic carbocycles. The van der Waals surface area contributed by atoms with Gasteiger partial charge in [0.15, 0.2) is 0 Å². The number of carbonyl (C=O) groups is 2. The summed E-state index contributed by atoms with van der Waals surface area (Å²) in [7, 11) is 0. The van der Waals surface area contributed by atoms with Gasteiger partial charge in [0, 0.05) is 36.5 Å². The quantitative estimate of drug-likeness (QED) is 0.647. The van der Waals surface area contributed by atoms with Gasteiger partial charge in [-0.3, -0.25) is 29.4 Å². The second kappa shape index (κ2) is 6.86. The molecule has 2 amide bonds. The zero-order chi connectivity index (χ0) is 19.0. The Morgan fingerprint density at radius 1 is 1.19 bits per heavy atom. The molecule has 2 saturated heterocycles. The molecular weight excluding hydrogens is 352 g/mol. The first kappa shape index (κ1) is 17.3. The minimum absolute atomic E-state index is 0.0329. The van der Waals surface area contributed by atoms with Gasteiger partial charge in [0.2, 0.25) is 5.91 Å². The first-order valence-electron chi connectivity index (χ1n) is 8.92. The van der Waals surface area contributed by atoms with Gasteiger partial charge >= 0.3 is 0 Å². The van der Waals surface area contributed by atoms with Crippen LogP contribution in [0, 0.1) is 0 Å². The lowest BCUT2D eigenvalue weighted by atomic mass is 9.96. The largest absolute Gasteiger partial charge is 0.352 e. The summed E-state index contributed by atoms with van der Waals surface area (Å²) in [4.78, 5) is 49.9. The number of rotatable bonds is 4. The third kappa shape index (κ3) is 3.42. The number of aromatic amines is 2. The van der Waals surface area contributed by atoms with E-state index in [4.69, 9.17) is 0 Å². The van der Waals surface area contributed by atoms with Gasteiger partial charge in [-0.05, 0) is 25.7 Å². The molecule has 2 aliphatic heterocycles. The normalized spacial score (nSPS) is 24.0. The molecule has 2 aliphatic rings. The van der Waals surface area contributed by atoms with E-state index >= 15 is 0 Å². The van der Waals surface area contributed by atoms with Gasteiger partial charge in [0.25, 0.3) is 17.0 Å². The molecule has 2 unspecified atom stereocenters. The van der Waals surface area contributed by atoms with E-state index < -0.39 is 11.1 Å². The zero-order valence-corrected chi connectivity index (χ0v) is 14.6. The number of nitrogens with one attached hydrogen (secondary N) is 3. The van der Waals surface area contributed by atoms with Gasteiger partial charge in [0.1, 0.15) is 6.54 Å². The van der Waals surface area contributed by atoms with Crippen LogP contribution in [0.3, 0.4) is 0 Å². The molecule has 0 spiro atoms. The van der Waals surface area contributed by atoms with Crippen molar-refractivity contribution < 1.29 is 9.59 Å². The van der Waals surface area contributed by atoms with Crippen LogP contribution in [0.4, 0.5) is 0 Å². The van der Waals surface area contributed by atoms with Crippen molar-refractivity contribution in [2.45, 2.75) is 50.4 Å². The van der Waals surface area contributed by atoms with Gasteiger partial charge in [0.05, 0.1) is 11.8 Å². The summed E-state index contributed by atoms with van der Waals surface area (Å²) in [6.07, 6.45) is 6.28. The van der Waals surface area contributed by atoms with E-state index in [1.165, 1.54) is 6.20 Å². The fourth-order valence-electron chi connectivity index (χ4n) is 4.14. The van der Waals surface area contributed by atoms with E-state index in [0.29, 0.717) is 18.4 Å². The second-order valence-corrected chi connectivity index (χ2v) is 7.05. The van der Waals surface area contributed by atoms with E-state index in [-0.39, 0.29) is 36.5 Å². The number of carbonyl (C=O) groups excluding carboxylic acids is 2. The average molecular weight is 372 g/mol. The smallest absolute Gasteiger partial charge is 0.265 e. The summed E-state index contributed by atoms with van der Waals surface area (Å²) in [5.41, 5.74) is -0.335. The molecule has 27 heavy (non-hydrogen) atoms. The average Bonchev–Trinajstić information content (AvgIpc) is 3.25. The minimum atomic E-state index is -0.439. The molecule has 10 nitrogen and oxygen atoms in total. The number of nitrogens with zero attached hydrogens (tertiary/aromatic N) is 3. The second-order valence-electron chi connectivity index (χ2n) is 7.05. The SMILES string of the molecule is O=C(Cn1[nH]c(=O)ccc1=O)NC1CC2CCC(C1)N2C(=O)c1cn[nH]c1. The lowest BCUT2D eigenvalue weighted by Crippen LogP contribution is -2.53. The molecule has 142 valence electrons. The molecule has 0 saturated carbocycles. The number of hydrogen-bond donors (Lipinski definition) is 3. The highest BCUT2D eigenvalue weighted by Gasteiger charge is 2.43. The van der Waals surface area contributed by atoms with Crippen LogP contribution < -0.4 is 16.4 Å². The number of aromatic nitrogens is 4. The van der Waals surface area contributed by atoms with Crippen molar-refractivity contribution >= 4 is 11.8 Å². The van der Waals surface area contributed by atoms with Gasteiger partial charge in [-0.2, -0.15) is 5.10 Å². The maximum Gasteiger partial charge on any atom is 0.265 e. The Balaban J connectivity index is 1.39. The highest BCUT2D eigenvalue weighted by atomic mass is 16.2. The van der Waals surface area contributed by atoms with Crippen LogP contribution >= 0.6 is 0 Å². The molecule has 2 aromatic heterocycles. The summed E-state index contributed by atoms with van der Waals surface area (Å²) in [5.74, 6) is -0.368. The minimum Gasteiger partial charge on any atom is -0.352 e. The summed E-state index contributed by atoms with van der Waals surface area (Å²) < 4.78 is 0.990. The summed E-state index contributed by atoms with van der Waals surface area (Å²) in [6.45, 7) is -0.238. The molecule has 3 N–H and O–H groups in total. The predicted octanol–water partition coefficient (Wildman–Crippen LogP) is -0.788. The number of piperidine rings is 1. The monoisotopic (exact) mass is 372 g/mol. The maximum atomic E-state index is 12.7. The third-order valence-corrected chi connectivity index (χ3v) is 5.27. The number of H-pyrrole nitrogens is 2. The van der Waals surface area contributed by atoms with Crippen LogP contribution in [-0.2, 0) is 11.3 Å². The highest BCUT2D eigenvalue weighted by molar-refractivity contribution is 5.94. The molecule has 2 aromatic rings. The standard InChI is InChI=1S/C17H20N6O4/c24-14-3-4-16(26)22(21-14)9-15(25)20-11-5-12-1-2-13(6-11)23(12)17(27)10-7-18-19-8-10/h3-4,7-8,11-13H,1-2,5-6,9H2,(H,18,19)(H,20,25)(H,21,24). The Kier molecular flexibility index (Phi) is 4.38. The number of amides is 2. The van der Waals surface area contributed by atoms with Gasteiger partial charge in [-0.1, -0.05) is 0 Å². The van der Waals surface area contributed by atoms with E-state index in [9.17, 15) is 19.2 Å². The summed E-state index contributed by atoms with van der Waals surface area (Å²) in [5, 5.41) is 11.8. The topological polar surface area (TPSA) is 133 Å². The van der Waals surface area contributed by atoms with Crippen molar-refractivity contribution in [3.05, 3.63) is 50.8 Å². The van der Waals surface area contributed by atoms with Crippen molar-refractivity contribution in [1.82, 2.24) is 30.2 Å². The molecule has 4 rings (SSSR count). The Morgan fingerprint density at radius 3 is 2.59 bits per heavy atom. The zero-order valence-electron chi connectivity index (χ0n) is 14.6. The maximum absolute atomic E-state index is 12.7. The fraction of sp³-hybridized carbons (Fsp3) is 0.471. The fourth-order valence-corrected chi connectivity index (χ4v) is 4.14. The van der Waals surface area contributed by atoms with Gasteiger partial charge < -0.3 is 10.2 Å². The first-order valence-corrected chi connectivity index (χ1v) is 8.92. The van der Waals surface area contributed by atoms with E-state index in [0.717, 1.165) is 29.7 Å². The predicted molar refractivity (Wildman–Crippen MR) is 94.1 cm³/mol. The van der Waals surface area contributed by atoms with Crippen molar-refractivity contribution in [2.75, 3.05) is 0 Å². The summed E-state index contributed by atoms with van der Waals surface area (Å²) >= 11 is 0. The number of fused-ring (bicyclic) bond motifs is 2. The van der Waals surface area contributed by atoms with E-state index in [1.54, 1.807) is 6.20 Å². The Bertz CT molecular complexity index is 948. The lowest BCUT2D eigenvalue weighted by Gasteiger charge is -2.39. The van der Waals surface area contributed by atoms with E-state index in [2.05, 4.69) is 20.6 Å². The third-order valence-electron chi connectivity index (χ3n) is 5.27. The van der Waals surface area contributed by atoms with Gasteiger partial charge in [-0.25, -0.2) is 4.68 Å². The van der Waals surface area contributed by atoms with E-state index in [1.807, 2.05) is 4.90 Å². The molecule has 2 bridgehead atoms. The Morgan fingerprint density at radius 2 is 1.93 bits per heavy atom. The molecule has 4 heterocycles. The molecule has 0 radical (unpaired) electrons. The van der Waals surface area contributed by atoms with Crippen molar-refractivity contribution in [3.63, 3.8) is 0 Å². The molecule has 10 heteroatoms. The Labute approximate surface area is 153 Å². The molecule has 2 fully saturated rings.